The molecule has 0 aromatic carbocycles. The topological polar surface area (TPSA) is 30.9 Å². The van der Waals surface area contributed by atoms with Crippen LogP contribution in [0.5, 0.6) is 0 Å². The minimum absolute atomic E-state index is 0.0126. The minimum Gasteiger partial charge on any atom is -0.353 e. The van der Waals surface area contributed by atoms with Gasteiger partial charge in [0.2, 0.25) is 0 Å². The van der Waals surface area contributed by atoms with Crippen LogP contribution in [-0.2, 0) is 6.54 Å². The van der Waals surface area contributed by atoms with Crippen molar-refractivity contribution in [2.75, 3.05) is 5.75 Å². The van der Waals surface area contributed by atoms with Gasteiger partial charge in [0.15, 0.2) is 0 Å². The zero-order valence-electron chi connectivity index (χ0n) is 9.28. The minimum atomic E-state index is -4.14. The van der Waals surface area contributed by atoms with E-state index in [1.165, 1.54) is 0 Å². The summed E-state index contributed by atoms with van der Waals surface area (Å²) in [6.07, 6.45) is 5.99. The first-order valence-electron chi connectivity index (χ1n) is 5.57. The van der Waals surface area contributed by atoms with Crippen LogP contribution in [0.3, 0.4) is 0 Å². The van der Waals surface area contributed by atoms with E-state index in [9.17, 15) is 13.2 Å². The van der Waals surface area contributed by atoms with Gasteiger partial charge in [-0.1, -0.05) is 0 Å². The molecule has 1 aliphatic carbocycles. The summed E-state index contributed by atoms with van der Waals surface area (Å²) in [5.41, 5.74) is 2.91. The standard InChI is InChI=1S/C11H15F3N2S/c12-11(13,14)17-6-5-16-4-3-9(7-16)10(15)8-1-2-8/h3-4,7-8,10H,1-2,5-6,15H2. The van der Waals surface area contributed by atoms with Crippen LogP contribution in [-0.4, -0.2) is 15.8 Å². The van der Waals surface area contributed by atoms with E-state index < -0.39 is 5.51 Å². The number of hydrogen-bond donors (Lipinski definition) is 1. The van der Waals surface area contributed by atoms with Gasteiger partial charge >= 0.3 is 5.51 Å². The van der Waals surface area contributed by atoms with Crippen molar-refractivity contribution in [3.8, 4) is 0 Å². The Balaban J connectivity index is 1.81. The lowest BCUT2D eigenvalue weighted by atomic mass is 10.1. The highest BCUT2D eigenvalue weighted by atomic mass is 32.2. The Bertz CT molecular complexity index is 371. The van der Waals surface area contributed by atoms with Gasteiger partial charge in [0.1, 0.15) is 0 Å². The molecule has 0 aliphatic heterocycles. The summed E-state index contributed by atoms with van der Waals surface area (Å²) in [6, 6.07) is 1.95. The average molecular weight is 264 g/mol. The van der Waals surface area contributed by atoms with Crippen molar-refractivity contribution >= 4 is 11.8 Å². The summed E-state index contributed by atoms with van der Waals surface area (Å²) in [5.74, 6) is 0.603. The van der Waals surface area contributed by atoms with E-state index in [1.54, 1.807) is 10.8 Å². The Labute approximate surface area is 102 Å². The molecule has 1 fully saturated rings. The maximum absolute atomic E-state index is 11.9. The van der Waals surface area contributed by atoms with Crippen molar-refractivity contribution in [3.05, 3.63) is 24.0 Å². The van der Waals surface area contributed by atoms with Crippen LogP contribution in [0.25, 0.3) is 0 Å². The zero-order valence-corrected chi connectivity index (χ0v) is 10.1. The smallest absolute Gasteiger partial charge is 0.353 e. The van der Waals surface area contributed by atoms with Crippen LogP contribution in [0.2, 0.25) is 0 Å². The molecule has 96 valence electrons. The van der Waals surface area contributed by atoms with E-state index in [-0.39, 0.29) is 23.6 Å². The first kappa shape index (κ1) is 12.8. The molecule has 0 amide bonds. The molecule has 1 saturated carbocycles. The summed E-state index contributed by atoms with van der Waals surface area (Å²) in [7, 11) is 0. The number of alkyl halides is 3. The van der Waals surface area contributed by atoms with Gasteiger partial charge in [-0.3, -0.25) is 0 Å². The molecule has 2 nitrogen and oxygen atoms in total. The lowest BCUT2D eigenvalue weighted by molar-refractivity contribution is -0.0328. The molecular weight excluding hydrogens is 249 g/mol. The third-order valence-electron chi connectivity index (χ3n) is 2.90. The van der Waals surface area contributed by atoms with E-state index in [0.717, 1.165) is 18.4 Å². The van der Waals surface area contributed by atoms with Crippen LogP contribution in [0.4, 0.5) is 13.2 Å². The second kappa shape index (κ2) is 4.94. The molecule has 1 unspecified atom stereocenters. The largest absolute Gasteiger partial charge is 0.441 e. The fraction of sp³-hybridized carbons (Fsp3) is 0.636. The molecule has 2 rings (SSSR count). The molecule has 6 heteroatoms. The van der Waals surface area contributed by atoms with E-state index in [1.807, 2.05) is 12.3 Å². The molecule has 1 aromatic rings. The molecule has 0 spiro atoms. The SMILES string of the molecule is NC(c1ccn(CCSC(F)(F)F)c1)C1CC1. The van der Waals surface area contributed by atoms with Crippen molar-refractivity contribution in [1.29, 1.82) is 0 Å². The van der Waals surface area contributed by atoms with Crippen LogP contribution >= 0.6 is 11.8 Å². The molecule has 2 N–H and O–H groups in total. The van der Waals surface area contributed by atoms with Crippen molar-refractivity contribution < 1.29 is 13.2 Å². The van der Waals surface area contributed by atoms with Crippen LogP contribution < -0.4 is 5.73 Å². The predicted octanol–water partition coefficient (Wildman–Crippen LogP) is 3.15. The third-order valence-corrected chi connectivity index (χ3v) is 3.62. The van der Waals surface area contributed by atoms with Gasteiger partial charge in [-0.15, -0.1) is 0 Å². The van der Waals surface area contributed by atoms with E-state index in [4.69, 9.17) is 5.73 Å². The van der Waals surface area contributed by atoms with E-state index >= 15 is 0 Å². The molecular formula is C11H15F3N2S. The second-order valence-electron chi connectivity index (χ2n) is 4.34. The molecule has 1 heterocycles. The Kier molecular flexibility index (Phi) is 3.73. The highest BCUT2D eigenvalue weighted by molar-refractivity contribution is 8.00. The van der Waals surface area contributed by atoms with Crippen molar-refractivity contribution in [2.45, 2.75) is 30.9 Å². The lowest BCUT2D eigenvalue weighted by Gasteiger charge is -2.08. The molecule has 17 heavy (non-hydrogen) atoms. The second-order valence-corrected chi connectivity index (χ2v) is 5.50. The summed E-state index contributed by atoms with van der Waals surface area (Å²) in [5, 5.41) is 0. The molecule has 1 atom stereocenters. The van der Waals surface area contributed by atoms with Gasteiger partial charge < -0.3 is 10.3 Å². The fourth-order valence-corrected chi connectivity index (χ4v) is 2.32. The summed E-state index contributed by atoms with van der Waals surface area (Å²) >= 11 is 0.0126. The van der Waals surface area contributed by atoms with Crippen molar-refractivity contribution in [2.24, 2.45) is 11.7 Å². The summed E-state index contributed by atoms with van der Waals surface area (Å²) in [6.45, 7) is 0.363. The normalized spacial score (nSPS) is 18.4. The van der Waals surface area contributed by atoms with Gasteiger partial charge in [-0.05, 0) is 42.2 Å². The van der Waals surface area contributed by atoms with Crippen LogP contribution in [0.1, 0.15) is 24.4 Å². The molecule has 1 aliphatic rings. The first-order chi connectivity index (χ1) is 7.96. The highest BCUT2D eigenvalue weighted by Gasteiger charge is 2.30. The zero-order chi connectivity index (χ0) is 12.5. The molecule has 0 bridgehead atoms. The maximum atomic E-state index is 11.9. The van der Waals surface area contributed by atoms with Gasteiger partial charge in [-0.25, -0.2) is 0 Å². The number of nitrogens with two attached hydrogens (primary N) is 1. The number of thioether (sulfide) groups is 1. The van der Waals surface area contributed by atoms with Gasteiger partial charge in [0.25, 0.3) is 0 Å². The Morgan fingerprint density at radius 2 is 2.18 bits per heavy atom. The van der Waals surface area contributed by atoms with E-state index in [2.05, 4.69) is 0 Å². The highest BCUT2D eigenvalue weighted by Crippen LogP contribution is 2.39. The Morgan fingerprint density at radius 1 is 1.47 bits per heavy atom. The Hall–Kier alpha value is -0.620. The van der Waals surface area contributed by atoms with Crippen LogP contribution in [0.15, 0.2) is 18.5 Å². The summed E-state index contributed by atoms with van der Waals surface area (Å²) in [4.78, 5) is 0. The number of hydrogen-bond acceptors (Lipinski definition) is 2. The number of aromatic nitrogens is 1. The number of aryl methyl sites for hydroxylation is 1. The van der Waals surface area contributed by atoms with Gasteiger partial charge in [-0.2, -0.15) is 13.2 Å². The molecule has 0 radical (unpaired) electrons. The van der Waals surface area contributed by atoms with E-state index in [0.29, 0.717) is 12.5 Å². The summed E-state index contributed by atoms with van der Waals surface area (Å²) < 4.78 is 37.6. The fourth-order valence-electron chi connectivity index (χ4n) is 1.79. The van der Waals surface area contributed by atoms with Gasteiger partial charge in [0.05, 0.1) is 0 Å². The molecule has 1 aromatic heterocycles. The van der Waals surface area contributed by atoms with Crippen molar-refractivity contribution in [1.82, 2.24) is 4.57 Å². The monoisotopic (exact) mass is 264 g/mol. The Morgan fingerprint density at radius 3 is 2.76 bits per heavy atom. The molecule has 0 saturated heterocycles. The number of nitrogens with zero attached hydrogens (tertiary/aromatic N) is 1. The van der Waals surface area contributed by atoms with Crippen LogP contribution in [0, 0.1) is 5.92 Å². The quantitative estimate of drug-likeness (QED) is 0.885. The average Bonchev–Trinajstić information content (AvgIpc) is 2.96. The predicted molar refractivity (Wildman–Crippen MR) is 62.6 cm³/mol. The first-order valence-corrected chi connectivity index (χ1v) is 6.56. The number of rotatable bonds is 5. The van der Waals surface area contributed by atoms with Gasteiger partial charge in [0, 0.05) is 30.7 Å². The number of halogens is 3. The maximum Gasteiger partial charge on any atom is 0.441 e. The third kappa shape index (κ3) is 3.96. The van der Waals surface area contributed by atoms with Crippen molar-refractivity contribution in [3.63, 3.8) is 0 Å². The lowest BCUT2D eigenvalue weighted by Crippen LogP contribution is -2.11.